The molecule has 88 valence electrons. The fourth-order valence-electron chi connectivity index (χ4n) is 1.46. The molecule has 2 rings (SSSR count). The van der Waals surface area contributed by atoms with Crippen molar-refractivity contribution in [2.24, 2.45) is 7.05 Å². The Morgan fingerprint density at radius 1 is 1.53 bits per heavy atom. The molecule has 0 saturated carbocycles. The van der Waals surface area contributed by atoms with Crippen LogP contribution in [-0.2, 0) is 7.05 Å². The monoisotopic (exact) mass is 233 g/mol. The standard InChI is InChI=1S/C10H11N5O2/c1-7-9(6-14(2)13-7)12-10-5-8(15(16)17)3-4-11-10/h3-6H,1-2H3,(H,11,12). The summed E-state index contributed by atoms with van der Waals surface area (Å²) < 4.78 is 1.66. The minimum absolute atomic E-state index is 0.00374. The third-order valence-corrected chi connectivity index (χ3v) is 2.23. The van der Waals surface area contributed by atoms with Gasteiger partial charge >= 0.3 is 0 Å². The predicted molar refractivity (Wildman–Crippen MR) is 62.1 cm³/mol. The minimum Gasteiger partial charge on any atom is -0.337 e. The normalized spacial score (nSPS) is 10.2. The fraction of sp³-hybridized carbons (Fsp3) is 0.200. The Morgan fingerprint density at radius 3 is 2.88 bits per heavy atom. The summed E-state index contributed by atoms with van der Waals surface area (Å²) in [6.45, 7) is 1.85. The van der Waals surface area contributed by atoms with Crippen molar-refractivity contribution in [3.63, 3.8) is 0 Å². The molecule has 17 heavy (non-hydrogen) atoms. The highest BCUT2D eigenvalue weighted by atomic mass is 16.6. The lowest BCUT2D eigenvalue weighted by molar-refractivity contribution is -0.384. The molecule has 0 atom stereocenters. The van der Waals surface area contributed by atoms with E-state index in [1.54, 1.807) is 17.9 Å². The quantitative estimate of drug-likeness (QED) is 0.645. The van der Waals surface area contributed by atoms with E-state index in [9.17, 15) is 10.1 Å². The zero-order valence-corrected chi connectivity index (χ0v) is 9.41. The van der Waals surface area contributed by atoms with E-state index in [0.717, 1.165) is 11.4 Å². The van der Waals surface area contributed by atoms with Gasteiger partial charge in [0.2, 0.25) is 0 Å². The van der Waals surface area contributed by atoms with Gasteiger partial charge in [-0.15, -0.1) is 0 Å². The molecule has 2 aromatic rings. The zero-order chi connectivity index (χ0) is 12.4. The molecule has 0 aliphatic rings. The largest absolute Gasteiger partial charge is 0.337 e. The van der Waals surface area contributed by atoms with Gasteiger partial charge in [-0.2, -0.15) is 5.10 Å². The van der Waals surface area contributed by atoms with Crippen molar-refractivity contribution < 1.29 is 4.92 Å². The maximum absolute atomic E-state index is 10.6. The number of hydrogen-bond donors (Lipinski definition) is 1. The van der Waals surface area contributed by atoms with Crippen molar-refractivity contribution in [3.05, 3.63) is 40.3 Å². The van der Waals surface area contributed by atoms with E-state index in [-0.39, 0.29) is 5.69 Å². The van der Waals surface area contributed by atoms with Crippen LogP contribution in [0.15, 0.2) is 24.5 Å². The molecule has 2 aromatic heterocycles. The van der Waals surface area contributed by atoms with Crippen LogP contribution in [0, 0.1) is 17.0 Å². The summed E-state index contributed by atoms with van der Waals surface area (Å²) in [5.41, 5.74) is 1.59. The van der Waals surface area contributed by atoms with E-state index >= 15 is 0 Å². The van der Waals surface area contributed by atoms with Crippen LogP contribution in [0.3, 0.4) is 0 Å². The van der Waals surface area contributed by atoms with Gasteiger partial charge in [0, 0.05) is 25.5 Å². The number of hydrogen-bond acceptors (Lipinski definition) is 5. The van der Waals surface area contributed by atoms with Gasteiger partial charge in [-0.05, 0) is 6.92 Å². The molecule has 1 N–H and O–H groups in total. The van der Waals surface area contributed by atoms with Gasteiger partial charge in [0.25, 0.3) is 5.69 Å². The zero-order valence-electron chi connectivity index (χ0n) is 9.41. The first-order valence-electron chi connectivity index (χ1n) is 4.94. The van der Waals surface area contributed by atoms with E-state index in [0.29, 0.717) is 5.82 Å². The summed E-state index contributed by atoms with van der Waals surface area (Å²) in [4.78, 5) is 14.2. The number of aromatic nitrogens is 3. The Hall–Kier alpha value is -2.44. The Morgan fingerprint density at radius 2 is 2.29 bits per heavy atom. The van der Waals surface area contributed by atoms with Crippen LogP contribution < -0.4 is 5.32 Å². The van der Waals surface area contributed by atoms with Crippen molar-refractivity contribution in [2.75, 3.05) is 5.32 Å². The highest BCUT2D eigenvalue weighted by Crippen LogP contribution is 2.20. The molecule has 2 heterocycles. The summed E-state index contributed by atoms with van der Waals surface area (Å²) >= 11 is 0. The molecule has 0 saturated heterocycles. The van der Waals surface area contributed by atoms with Crippen LogP contribution in [-0.4, -0.2) is 19.7 Å². The Balaban J connectivity index is 2.27. The second kappa shape index (κ2) is 4.20. The topological polar surface area (TPSA) is 85.9 Å². The smallest absolute Gasteiger partial charge is 0.274 e. The number of pyridine rings is 1. The molecular formula is C10H11N5O2. The lowest BCUT2D eigenvalue weighted by atomic mass is 10.3. The Bertz CT molecular complexity index is 564. The second-order valence-electron chi connectivity index (χ2n) is 3.58. The third-order valence-electron chi connectivity index (χ3n) is 2.23. The van der Waals surface area contributed by atoms with Crippen molar-refractivity contribution >= 4 is 17.2 Å². The number of nitrogens with one attached hydrogen (secondary N) is 1. The van der Waals surface area contributed by atoms with Crippen molar-refractivity contribution in [2.45, 2.75) is 6.92 Å². The van der Waals surface area contributed by atoms with E-state index in [4.69, 9.17) is 0 Å². The summed E-state index contributed by atoms with van der Waals surface area (Å²) in [6, 6.07) is 2.73. The first-order valence-corrected chi connectivity index (χ1v) is 4.94. The molecule has 0 bridgehead atoms. The molecule has 7 heteroatoms. The minimum atomic E-state index is -0.455. The number of anilines is 2. The second-order valence-corrected chi connectivity index (χ2v) is 3.58. The maximum Gasteiger partial charge on any atom is 0.274 e. The van der Waals surface area contributed by atoms with Crippen LogP contribution in [0.1, 0.15) is 5.69 Å². The molecule has 0 amide bonds. The molecule has 0 aliphatic heterocycles. The first-order chi connectivity index (χ1) is 8.06. The maximum atomic E-state index is 10.6. The van der Waals surface area contributed by atoms with Crippen LogP contribution >= 0.6 is 0 Å². The predicted octanol–water partition coefficient (Wildman–Crippen LogP) is 1.78. The SMILES string of the molecule is Cc1nn(C)cc1Nc1cc([N+](=O)[O-])ccn1. The summed E-state index contributed by atoms with van der Waals surface area (Å²) in [5.74, 6) is 0.426. The number of nitro groups is 1. The Labute approximate surface area is 97.2 Å². The van der Waals surface area contributed by atoms with Crippen LogP contribution in [0.4, 0.5) is 17.2 Å². The lowest BCUT2D eigenvalue weighted by Crippen LogP contribution is -1.95. The average molecular weight is 233 g/mol. The van der Waals surface area contributed by atoms with Gasteiger partial charge in [-0.3, -0.25) is 14.8 Å². The highest BCUT2D eigenvalue weighted by Gasteiger charge is 2.08. The van der Waals surface area contributed by atoms with Gasteiger partial charge in [0.1, 0.15) is 5.82 Å². The molecule has 0 aromatic carbocycles. The fourth-order valence-corrected chi connectivity index (χ4v) is 1.46. The molecule has 0 radical (unpaired) electrons. The van der Waals surface area contributed by atoms with E-state index in [1.165, 1.54) is 18.3 Å². The summed E-state index contributed by atoms with van der Waals surface area (Å²) in [5, 5.41) is 17.8. The molecule has 0 spiro atoms. The number of nitrogens with zero attached hydrogens (tertiary/aromatic N) is 4. The van der Waals surface area contributed by atoms with Crippen LogP contribution in [0.25, 0.3) is 0 Å². The van der Waals surface area contributed by atoms with Gasteiger partial charge in [0.05, 0.1) is 22.4 Å². The van der Waals surface area contributed by atoms with Gasteiger partial charge in [-0.1, -0.05) is 0 Å². The first kappa shape index (κ1) is 11.1. The van der Waals surface area contributed by atoms with Crippen molar-refractivity contribution in [1.82, 2.24) is 14.8 Å². The van der Waals surface area contributed by atoms with Gasteiger partial charge in [-0.25, -0.2) is 4.98 Å². The van der Waals surface area contributed by atoms with Gasteiger partial charge in [0.15, 0.2) is 0 Å². The molecule has 0 unspecified atom stereocenters. The molecule has 0 aliphatic carbocycles. The lowest BCUT2D eigenvalue weighted by Gasteiger charge is -2.02. The number of rotatable bonds is 3. The van der Waals surface area contributed by atoms with E-state index in [2.05, 4.69) is 15.4 Å². The van der Waals surface area contributed by atoms with Crippen molar-refractivity contribution in [1.29, 1.82) is 0 Å². The van der Waals surface area contributed by atoms with Crippen LogP contribution in [0.5, 0.6) is 0 Å². The number of aryl methyl sites for hydroxylation is 2. The highest BCUT2D eigenvalue weighted by molar-refractivity contribution is 5.59. The van der Waals surface area contributed by atoms with Crippen LogP contribution in [0.2, 0.25) is 0 Å². The third kappa shape index (κ3) is 2.39. The van der Waals surface area contributed by atoms with Crippen molar-refractivity contribution in [3.8, 4) is 0 Å². The molecule has 7 nitrogen and oxygen atoms in total. The van der Waals surface area contributed by atoms with Gasteiger partial charge < -0.3 is 5.32 Å². The summed E-state index contributed by atoms with van der Waals surface area (Å²) in [6.07, 6.45) is 3.18. The molecule has 0 fully saturated rings. The van der Waals surface area contributed by atoms with E-state index < -0.39 is 4.92 Å². The average Bonchev–Trinajstić information content (AvgIpc) is 2.58. The summed E-state index contributed by atoms with van der Waals surface area (Å²) in [7, 11) is 1.80. The Kier molecular flexibility index (Phi) is 2.73. The molecular weight excluding hydrogens is 222 g/mol. The van der Waals surface area contributed by atoms with E-state index in [1.807, 2.05) is 6.92 Å².